The first-order chi connectivity index (χ1) is 11.6. The lowest BCUT2D eigenvalue weighted by molar-refractivity contribution is -0.121. The molecule has 0 saturated carbocycles. The minimum absolute atomic E-state index is 0.00372. The van der Waals surface area contributed by atoms with Crippen LogP contribution in [-0.4, -0.2) is 23.0 Å². The van der Waals surface area contributed by atoms with Crippen LogP contribution in [0.25, 0.3) is 6.08 Å². The molecular weight excluding hydrogens is 316 g/mol. The largest absolute Gasteiger partial charge is 0.290 e. The van der Waals surface area contributed by atoms with Crippen LogP contribution in [0.15, 0.2) is 58.4 Å². The Hall–Kier alpha value is -2.33. The maximum atomic E-state index is 12.5. The molecular formula is C20H20N2OS. The molecule has 1 saturated heterocycles. The van der Waals surface area contributed by atoms with Gasteiger partial charge in [-0.25, -0.2) is 4.99 Å². The Morgan fingerprint density at radius 1 is 1.12 bits per heavy atom. The highest BCUT2D eigenvalue weighted by Crippen LogP contribution is 2.34. The van der Waals surface area contributed by atoms with Crippen LogP contribution >= 0.6 is 11.8 Å². The molecule has 2 aromatic rings. The number of para-hydroxylation sites is 1. The van der Waals surface area contributed by atoms with Crippen molar-refractivity contribution >= 4 is 34.6 Å². The summed E-state index contributed by atoms with van der Waals surface area (Å²) in [5, 5.41) is 0.723. The summed E-state index contributed by atoms with van der Waals surface area (Å²) in [6, 6.07) is 16.1. The lowest BCUT2D eigenvalue weighted by Crippen LogP contribution is -2.23. The minimum Gasteiger partial charge on any atom is -0.290 e. The van der Waals surface area contributed by atoms with Crippen LogP contribution in [0.5, 0.6) is 0 Å². The number of amidine groups is 1. The van der Waals surface area contributed by atoms with E-state index in [9.17, 15) is 4.79 Å². The third kappa shape index (κ3) is 3.29. The zero-order valence-corrected chi connectivity index (χ0v) is 14.9. The zero-order chi connectivity index (χ0) is 17.1. The lowest BCUT2D eigenvalue weighted by atomic mass is 10.1. The summed E-state index contributed by atoms with van der Waals surface area (Å²) in [6.45, 7) is 4.16. The smallest absolute Gasteiger partial charge is 0.266 e. The first kappa shape index (κ1) is 16.5. The Bertz CT molecular complexity index is 839. The molecule has 122 valence electrons. The third-order valence-electron chi connectivity index (χ3n) is 4.07. The van der Waals surface area contributed by atoms with E-state index in [2.05, 4.69) is 13.0 Å². The molecule has 1 aliphatic rings. The molecule has 3 rings (SSSR count). The molecule has 0 unspecified atom stereocenters. The molecule has 0 aromatic heterocycles. The Morgan fingerprint density at radius 2 is 1.83 bits per heavy atom. The number of carbonyl (C=O) groups is 1. The molecule has 24 heavy (non-hydrogen) atoms. The van der Waals surface area contributed by atoms with E-state index >= 15 is 0 Å². The summed E-state index contributed by atoms with van der Waals surface area (Å²) in [6.07, 6.45) is 2.87. The maximum absolute atomic E-state index is 12.5. The fourth-order valence-corrected chi connectivity index (χ4v) is 3.53. The van der Waals surface area contributed by atoms with E-state index in [0.29, 0.717) is 4.91 Å². The monoisotopic (exact) mass is 336 g/mol. The SMILES string of the molecule is CCc1ccccc1N=C1S/C(=C/c2ccccc2C)C(=O)N1C. The number of amides is 1. The van der Waals surface area contributed by atoms with Crippen molar-refractivity contribution in [1.82, 2.24) is 4.90 Å². The van der Waals surface area contributed by atoms with Crippen LogP contribution < -0.4 is 0 Å². The van der Waals surface area contributed by atoms with E-state index in [1.165, 1.54) is 17.3 Å². The quantitative estimate of drug-likeness (QED) is 0.755. The highest BCUT2D eigenvalue weighted by atomic mass is 32.2. The van der Waals surface area contributed by atoms with Gasteiger partial charge in [-0.2, -0.15) is 0 Å². The van der Waals surface area contributed by atoms with E-state index in [4.69, 9.17) is 4.99 Å². The first-order valence-electron chi connectivity index (χ1n) is 8.00. The second kappa shape index (κ2) is 7.05. The van der Waals surface area contributed by atoms with Crippen LogP contribution in [0, 0.1) is 6.92 Å². The summed E-state index contributed by atoms with van der Waals surface area (Å²) in [7, 11) is 1.78. The minimum atomic E-state index is -0.00372. The standard InChI is InChI=1S/C20H20N2OS/c1-4-15-10-7-8-12-17(15)21-20-22(3)19(23)18(24-20)13-16-11-6-5-9-14(16)2/h5-13H,4H2,1-3H3/b18-13+,21-20?. The van der Waals surface area contributed by atoms with Gasteiger partial charge in [-0.1, -0.05) is 49.4 Å². The Kier molecular flexibility index (Phi) is 4.86. The van der Waals surface area contributed by atoms with Crippen molar-refractivity contribution in [2.75, 3.05) is 7.05 Å². The van der Waals surface area contributed by atoms with Gasteiger partial charge >= 0.3 is 0 Å². The molecule has 1 amide bonds. The van der Waals surface area contributed by atoms with Gasteiger partial charge in [-0.05, 0) is 53.9 Å². The average Bonchev–Trinajstić information content (AvgIpc) is 2.85. The average molecular weight is 336 g/mol. The molecule has 0 radical (unpaired) electrons. The summed E-state index contributed by atoms with van der Waals surface area (Å²) < 4.78 is 0. The second-order valence-electron chi connectivity index (χ2n) is 5.71. The second-order valence-corrected chi connectivity index (χ2v) is 6.72. The van der Waals surface area contributed by atoms with Gasteiger partial charge in [0.1, 0.15) is 0 Å². The number of likely N-dealkylation sites (N-methyl/N-ethyl adjacent to an activating group) is 1. The predicted molar refractivity (Wildman–Crippen MR) is 102 cm³/mol. The van der Waals surface area contributed by atoms with Gasteiger partial charge < -0.3 is 0 Å². The number of aliphatic imine (C=N–C) groups is 1. The number of hydrogen-bond donors (Lipinski definition) is 0. The van der Waals surface area contributed by atoms with Gasteiger partial charge in [0.05, 0.1) is 10.6 Å². The lowest BCUT2D eigenvalue weighted by Gasteiger charge is -2.08. The van der Waals surface area contributed by atoms with Crippen molar-refractivity contribution in [3.8, 4) is 0 Å². The van der Waals surface area contributed by atoms with E-state index in [1.54, 1.807) is 11.9 Å². The fourth-order valence-electron chi connectivity index (χ4n) is 2.56. The highest BCUT2D eigenvalue weighted by molar-refractivity contribution is 8.18. The number of carbonyl (C=O) groups excluding carboxylic acids is 1. The van der Waals surface area contributed by atoms with Gasteiger partial charge in [0.15, 0.2) is 5.17 Å². The van der Waals surface area contributed by atoms with Gasteiger partial charge in [-0.15, -0.1) is 0 Å². The number of aryl methyl sites for hydroxylation is 2. The van der Waals surface area contributed by atoms with E-state index in [1.807, 2.05) is 55.5 Å². The Morgan fingerprint density at radius 3 is 2.58 bits per heavy atom. The molecule has 0 atom stereocenters. The van der Waals surface area contributed by atoms with Crippen LogP contribution in [0.3, 0.4) is 0 Å². The van der Waals surface area contributed by atoms with Crippen LogP contribution in [0.1, 0.15) is 23.6 Å². The molecule has 1 fully saturated rings. The molecule has 1 heterocycles. The summed E-state index contributed by atoms with van der Waals surface area (Å²) >= 11 is 1.43. The van der Waals surface area contributed by atoms with Crippen molar-refractivity contribution in [3.05, 3.63) is 70.1 Å². The molecule has 0 aliphatic carbocycles. The number of thioether (sulfide) groups is 1. The normalized spacial score (nSPS) is 18.0. The molecule has 2 aromatic carbocycles. The van der Waals surface area contributed by atoms with Crippen molar-refractivity contribution in [1.29, 1.82) is 0 Å². The summed E-state index contributed by atoms with van der Waals surface area (Å²) in [5.74, 6) is -0.00372. The van der Waals surface area contributed by atoms with Crippen molar-refractivity contribution in [2.24, 2.45) is 4.99 Å². The third-order valence-corrected chi connectivity index (χ3v) is 5.13. The van der Waals surface area contributed by atoms with Crippen LogP contribution in [0.2, 0.25) is 0 Å². The number of hydrogen-bond acceptors (Lipinski definition) is 3. The molecule has 0 spiro atoms. The van der Waals surface area contributed by atoms with Crippen LogP contribution in [-0.2, 0) is 11.2 Å². The fraction of sp³-hybridized carbons (Fsp3) is 0.200. The van der Waals surface area contributed by atoms with Gasteiger partial charge in [-0.3, -0.25) is 9.69 Å². The topological polar surface area (TPSA) is 32.7 Å². The maximum Gasteiger partial charge on any atom is 0.266 e. The zero-order valence-electron chi connectivity index (χ0n) is 14.1. The van der Waals surface area contributed by atoms with Crippen molar-refractivity contribution < 1.29 is 4.79 Å². The first-order valence-corrected chi connectivity index (χ1v) is 8.81. The van der Waals surface area contributed by atoms with Gasteiger partial charge in [0, 0.05) is 7.05 Å². The number of nitrogens with zero attached hydrogens (tertiary/aromatic N) is 2. The van der Waals surface area contributed by atoms with E-state index in [-0.39, 0.29) is 5.91 Å². The van der Waals surface area contributed by atoms with Gasteiger partial charge in [0.2, 0.25) is 0 Å². The molecule has 0 N–H and O–H groups in total. The highest BCUT2D eigenvalue weighted by Gasteiger charge is 2.30. The molecule has 0 bridgehead atoms. The van der Waals surface area contributed by atoms with E-state index < -0.39 is 0 Å². The van der Waals surface area contributed by atoms with Crippen LogP contribution in [0.4, 0.5) is 5.69 Å². The molecule has 3 nitrogen and oxygen atoms in total. The molecule has 4 heteroatoms. The molecule has 1 aliphatic heterocycles. The van der Waals surface area contributed by atoms with Crippen molar-refractivity contribution in [2.45, 2.75) is 20.3 Å². The van der Waals surface area contributed by atoms with Crippen molar-refractivity contribution in [3.63, 3.8) is 0 Å². The number of benzene rings is 2. The summed E-state index contributed by atoms with van der Waals surface area (Å²) in [5.41, 5.74) is 4.34. The Labute approximate surface area is 147 Å². The summed E-state index contributed by atoms with van der Waals surface area (Å²) in [4.78, 5) is 19.6. The Balaban J connectivity index is 1.95. The van der Waals surface area contributed by atoms with Gasteiger partial charge in [0.25, 0.3) is 5.91 Å². The predicted octanol–water partition coefficient (Wildman–Crippen LogP) is 4.79. The van der Waals surface area contributed by atoms with E-state index in [0.717, 1.165) is 28.4 Å². The number of rotatable bonds is 3.